The van der Waals surface area contributed by atoms with E-state index in [1.54, 1.807) is 18.7 Å². The molecule has 1 aromatic carbocycles. The van der Waals surface area contributed by atoms with Gasteiger partial charge in [0.05, 0.1) is 24.9 Å². The van der Waals surface area contributed by atoms with Crippen molar-refractivity contribution in [3.05, 3.63) is 35.7 Å². The number of sulfonamides is 1. The molecule has 10 nitrogen and oxygen atoms in total. The zero-order valence-corrected chi connectivity index (χ0v) is 16.5. The first kappa shape index (κ1) is 19.8. The predicted molar refractivity (Wildman–Crippen MR) is 98.0 cm³/mol. The van der Waals surface area contributed by atoms with Crippen molar-refractivity contribution in [3.8, 4) is 11.8 Å². The molecule has 0 atom stereocenters. The van der Waals surface area contributed by atoms with E-state index in [0.29, 0.717) is 0 Å². The van der Waals surface area contributed by atoms with Gasteiger partial charge in [-0.1, -0.05) is 5.21 Å². The molecule has 148 valence electrons. The summed E-state index contributed by atoms with van der Waals surface area (Å²) in [6.07, 6.45) is 1.33. The van der Waals surface area contributed by atoms with Crippen molar-refractivity contribution >= 4 is 15.9 Å². The lowest BCUT2D eigenvalue weighted by Crippen LogP contribution is -2.61. The molecular weight excluding hydrogens is 384 g/mol. The molecule has 11 heteroatoms. The molecule has 3 rings (SSSR count). The fraction of sp³-hybridized carbons (Fsp3) is 0.412. The SMILES string of the molecule is COc1ccc(C#N)cc1S(=O)(=O)N1CCN(C(=O)c2cnn[nH]2)CC1(C)C. The van der Waals surface area contributed by atoms with Gasteiger partial charge in [0.25, 0.3) is 5.91 Å². The molecule has 1 saturated heterocycles. The molecule has 0 aliphatic carbocycles. The molecule has 0 bridgehead atoms. The van der Waals surface area contributed by atoms with E-state index < -0.39 is 15.6 Å². The molecule has 0 saturated carbocycles. The van der Waals surface area contributed by atoms with Crippen LogP contribution in [0.15, 0.2) is 29.3 Å². The summed E-state index contributed by atoms with van der Waals surface area (Å²) in [4.78, 5) is 14.0. The number of nitrogens with one attached hydrogen (secondary N) is 1. The second-order valence-electron chi connectivity index (χ2n) is 6.96. The Bertz CT molecular complexity index is 1030. The maximum Gasteiger partial charge on any atom is 0.273 e. The minimum Gasteiger partial charge on any atom is -0.495 e. The molecular formula is C17H20N6O4S. The lowest BCUT2D eigenvalue weighted by atomic mass is 10.0. The minimum atomic E-state index is -3.96. The molecule has 1 aromatic heterocycles. The third-order valence-electron chi connectivity index (χ3n) is 4.62. The van der Waals surface area contributed by atoms with E-state index in [9.17, 15) is 13.2 Å². The van der Waals surface area contributed by atoms with Gasteiger partial charge in [-0.3, -0.25) is 9.89 Å². The Hall–Kier alpha value is -2.97. The van der Waals surface area contributed by atoms with Crippen LogP contribution >= 0.6 is 0 Å². The zero-order valence-electron chi connectivity index (χ0n) is 15.7. The van der Waals surface area contributed by atoms with Crippen molar-refractivity contribution < 1.29 is 17.9 Å². The number of carbonyl (C=O) groups excluding carboxylic acids is 1. The van der Waals surface area contributed by atoms with Gasteiger partial charge in [-0.15, -0.1) is 5.10 Å². The van der Waals surface area contributed by atoms with Crippen LogP contribution in [0.5, 0.6) is 5.75 Å². The van der Waals surface area contributed by atoms with Crippen LogP contribution in [0.1, 0.15) is 29.9 Å². The van der Waals surface area contributed by atoms with E-state index in [1.807, 2.05) is 6.07 Å². The van der Waals surface area contributed by atoms with Crippen LogP contribution in [0, 0.1) is 11.3 Å². The van der Waals surface area contributed by atoms with Crippen molar-refractivity contribution in [1.29, 1.82) is 5.26 Å². The molecule has 2 heterocycles. The van der Waals surface area contributed by atoms with Crippen LogP contribution in [-0.4, -0.2) is 71.2 Å². The largest absolute Gasteiger partial charge is 0.495 e. The van der Waals surface area contributed by atoms with Crippen LogP contribution in [0.4, 0.5) is 0 Å². The first-order valence-electron chi connectivity index (χ1n) is 8.47. The Morgan fingerprint density at radius 1 is 1.36 bits per heavy atom. The molecule has 1 amide bonds. The van der Waals surface area contributed by atoms with Crippen molar-refractivity contribution in [2.24, 2.45) is 0 Å². The summed E-state index contributed by atoms with van der Waals surface area (Å²) in [5.41, 5.74) is -0.415. The lowest BCUT2D eigenvalue weighted by molar-refractivity contribution is 0.0489. The first-order valence-corrected chi connectivity index (χ1v) is 9.91. The fourth-order valence-electron chi connectivity index (χ4n) is 3.30. The van der Waals surface area contributed by atoms with E-state index in [4.69, 9.17) is 10.00 Å². The number of nitrogens with zero attached hydrogens (tertiary/aromatic N) is 5. The van der Waals surface area contributed by atoms with Crippen molar-refractivity contribution in [2.75, 3.05) is 26.7 Å². The molecule has 0 radical (unpaired) electrons. The number of aromatic amines is 1. The van der Waals surface area contributed by atoms with Crippen molar-refractivity contribution in [2.45, 2.75) is 24.3 Å². The first-order chi connectivity index (χ1) is 13.2. The standard InChI is InChI=1S/C17H20N6O4S/c1-17(2)11-22(16(24)13-10-19-21-20-13)6-7-23(17)28(25,26)15-8-12(9-18)4-5-14(15)27-3/h4-5,8,10H,6-7,11H2,1-3H3,(H,19,20,21). The third-order valence-corrected chi connectivity index (χ3v) is 6.75. The smallest absolute Gasteiger partial charge is 0.273 e. The van der Waals surface area contributed by atoms with Crippen LogP contribution < -0.4 is 4.74 Å². The Morgan fingerprint density at radius 3 is 2.68 bits per heavy atom. The monoisotopic (exact) mass is 404 g/mol. The number of aromatic nitrogens is 3. The van der Waals surface area contributed by atoms with E-state index in [0.717, 1.165) is 0 Å². The zero-order chi connectivity index (χ0) is 20.5. The van der Waals surface area contributed by atoms with Gasteiger partial charge in [0.1, 0.15) is 16.3 Å². The minimum absolute atomic E-state index is 0.0698. The highest BCUT2D eigenvalue weighted by atomic mass is 32.2. The summed E-state index contributed by atoms with van der Waals surface area (Å²) < 4.78 is 33.3. The molecule has 1 N–H and O–H groups in total. The van der Waals surface area contributed by atoms with Crippen LogP contribution in [-0.2, 0) is 10.0 Å². The van der Waals surface area contributed by atoms with E-state index in [-0.39, 0.29) is 47.4 Å². The van der Waals surface area contributed by atoms with Gasteiger partial charge in [0, 0.05) is 25.2 Å². The van der Waals surface area contributed by atoms with Crippen LogP contribution in [0.25, 0.3) is 0 Å². The molecule has 1 aliphatic heterocycles. The number of amides is 1. The quantitative estimate of drug-likeness (QED) is 0.789. The van der Waals surface area contributed by atoms with E-state index in [1.165, 1.54) is 35.8 Å². The fourth-order valence-corrected chi connectivity index (χ4v) is 5.25. The average molecular weight is 404 g/mol. The second-order valence-corrected chi connectivity index (χ2v) is 8.79. The molecule has 28 heavy (non-hydrogen) atoms. The van der Waals surface area contributed by atoms with Crippen molar-refractivity contribution in [3.63, 3.8) is 0 Å². The summed E-state index contributed by atoms with van der Waals surface area (Å²) in [5, 5.41) is 18.8. The van der Waals surface area contributed by atoms with Gasteiger partial charge < -0.3 is 9.64 Å². The maximum atomic E-state index is 13.4. The normalized spacial score (nSPS) is 17.1. The van der Waals surface area contributed by atoms with E-state index >= 15 is 0 Å². The third kappa shape index (κ3) is 3.44. The number of hydrogen-bond donors (Lipinski definition) is 1. The summed E-state index contributed by atoms with van der Waals surface area (Å²) in [7, 11) is -2.59. The predicted octanol–water partition coefficient (Wildman–Crippen LogP) is 0.610. The molecule has 1 aliphatic rings. The topological polar surface area (TPSA) is 132 Å². The average Bonchev–Trinajstić information content (AvgIpc) is 3.20. The Balaban J connectivity index is 1.92. The van der Waals surface area contributed by atoms with Gasteiger partial charge in [-0.05, 0) is 32.0 Å². The molecule has 0 spiro atoms. The summed E-state index contributed by atoms with van der Waals surface area (Å²) >= 11 is 0. The number of benzene rings is 1. The Morgan fingerprint density at radius 2 is 2.11 bits per heavy atom. The number of H-pyrrole nitrogens is 1. The van der Waals surface area contributed by atoms with Crippen LogP contribution in [0.2, 0.25) is 0 Å². The number of carbonyl (C=O) groups is 1. The Labute approximate surface area is 162 Å². The molecule has 1 fully saturated rings. The van der Waals surface area contributed by atoms with Gasteiger partial charge in [-0.2, -0.15) is 9.57 Å². The molecule has 2 aromatic rings. The van der Waals surface area contributed by atoms with E-state index in [2.05, 4.69) is 15.4 Å². The van der Waals surface area contributed by atoms with Crippen LogP contribution in [0.3, 0.4) is 0 Å². The second kappa shape index (κ2) is 7.21. The summed E-state index contributed by atoms with van der Waals surface area (Å²) in [5.74, 6) is -0.129. The van der Waals surface area contributed by atoms with Gasteiger partial charge in [-0.25, -0.2) is 8.42 Å². The highest BCUT2D eigenvalue weighted by Crippen LogP contribution is 2.33. The number of methoxy groups -OCH3 is 1. The van der Waals surface area contributed by atoms with Gasteiger partial charge in [0.2, 0.25) is 10.0 Å². The maximum absolute atomic E-state index is 13.4. The summed E-state index contributed by atoms with van der Waals surface area (Å²) in [6.45, 7) is 3.99. The number of rotatable bonds is 4. The van der Waals surface area contributed by atoms with Gasteiger partial charge in [0.15, 0.2) is 0 Å². The number of nitriles is 1. The highest BCUT2D eigenvalue weighted by molar-refractivity contribution is 7.89. The number of piperazine rings is 1. The van der Waals surface area contributed by atoms with Gasteiger partial charge >= 0.3 is 0 Å². The number of ether oxygens (including phenoxy) is 1. The summed E-state index contributed by atoms with van der Waals surface area (Å²) in [6, 6.07) is 6.21. The van der Waals surface area contributed by atoms with Crippen molar-refractivity contribution in [1.82, 2.24) is 24.6 Å². The molecule has 0 unspecified atom stereocenters. The lowest BCUT2D eigenvalue weighted by Gasteiger charge is -2.45. The highest BCUT2D eigenvalue weighted by Gasteiger charge is 2.44. The Kier molecular flexibility index (Phi) is 5.10. The number of hydrogen-bond acceptors (Lipinski definition) is 7.